The van der Waals surface area contributed by atoms with Crippen LogP contribution in [-0.4, -0.2) is 43.0 Å². The first-order chi connectivity index (χ1) is 10.8. The summed E-state index contributed by atoms with van der Waals surface area (Å²) in [7, 11) is 0. The van der Waals surface area contributed by atoms with Crippen LogP contribution in [0.25, 0.3) is 22.4 Å². The van der Waals surface area contributed by atoms with Crippen molar-refractivity contribution >= 4 is 23.4 Å². The van der Waals surface area contributed by atoms with Gasteiger partial charge in [-0.3, -0.25) is 9.97 Å². The van der Waals surface area contributed by atoms with Gasteiger partial charge in [-0.25, -0.2) is 9.97 Å². The zero-order chi connectivity index (χ0) is 14.9. The van der Waals surface area contributed by atoms with Gasteiger partial charge in [0, 0.05) is 24.4 Å². The molecule has 8 heteroatoms. The van der Waals surface area contributed by atoms with E-state index in [1.807, 2.05) is 12.3 Å². The number of aromatic nitrogens is 5. The van der Waals surface area contributed by atoms with E-state index >= 15 is 0 Å². The number of piperidine rings is 1. The fourth-order valence-electron chi connectivity index (χ4n) is 3.07. The quantitative estimate of drug-likeness (QED) is 0.734. The summed E-state index contributed by atoms with van der Waals surface area (Å²) >= 11 is 0. The molecule has 2 unspecified atom stereocenters. The standard InChI is InChI=1S/C16H18N6.ClH.H2O/c1-10-6-11(2-3-18-10)16-20-9-15-13(22-16)7-12(21-15)14-8-17-4-5-19-14;;/h4-5,7-11,18,21H,2-3,6H2,1H3;1H;1H2. The highest BCUT2D eigenvalue weighted by molar-refractivity contribution is 5.85. The lowest BCUT2D eigenvalue weighted by molar-refractivity contribution is 0.371. The van der Waals surface area contributed by atoms with Gasteiger partial charge < -0.3 is 15.8 Å². The van der Waals surface area contributed by atoms with Crippen LogP contribution in [0.5, 0.6) is 0 Å². The second kappa shape index (κ2) is 7.65. The van der Waals surface area contributed by atoms with E-state index in [1.165, 1.54) is 0 Å². The number of hydrogen-bond donors (Lipinski definition) is 2. The number of nitrogens with one attached hydrogen (secondary N) is 2. The van der Waals surface area contributed by atoms with E-state index in [-0.39, 0.29) is 17.9 Å². The summed E-state index contributed by atoms with van der Waals surface area (Å²) in [6.45, 7) is 3.25. The molecule has 0 bridgehead atoms. The molecule has 1 aliphatic rings. The van der Waals surface area contributed by atoms with Gasteiger partial charge in [-0.15, -0.1) is 12.4 Å². The molecular weight excluding hydrogens is 328 g/mol. The molecule has 0 aromatic carbocycles. The van der Waals surface area contributed by atoms with Crippen molar-refractivity contribution in [2.45, 2.75) is 31.7 Å². The first kappa shape index (κ1) is 18.3. The third kappa shape index (κ3) is 3.53. The predicted octanol–water partition coefficient (Wildman–Crippen LogP) is 1.87. The van der Waals surface area contributed by atoms with Crippen molar-refractivity contribution in [2.24, 2.45) is 0 Å². The topological polar surface area (TPSA) is 111 Å². The highest BCUT2D eigenvalue weighted by Crippen LogP contribution is 2.27. The minimum absolute atomic E-state index is 0. The van der Waals surface area contributed by atoms with Crippen LogP contribution in [0.2, 0.25) is 0 Å². The van der Waals surface area contributed by atoms with Crippen molar-refractivity contribution in [2.75, 3.05) is 6.54 Å². The Labute approximate surface area is 146 Å². The molecule has 4 N–H and O–H groups in total. The summed E-state index contributed by atoms with van der Waals surface area (Å²) in [6, 6.07) is 2.55. The molecule has 2 atom stereocenters. The van der Waals surface area contributed by atoms with Crippen molar-refractivity contribution in [3.63, 3.8) is 0 Å². The van der Waals surface area contributed by atoms with Gasteiger partial charge in [0.1, 0.15) is 11.5 Å². The fraction of sp³-hybridized carbons (Fsp3) is 0.375. The van der Waals surface area contributed by atoms with Crippen LogP contribution in [0.3, 0.4) is 0 Å². The number of H-pyrrole nitrogens is 1. The molecule has 0 radical (unpaired) electrons. The second-order valence-electron chi connectivity index (χ2n) is 5.88. The first-order valence-corrected chi connectivity index (χ1v) is 7.65. The largest absolute Gasteiger partial charge is 0.412 e. The normalized spacial score (nSPS) is 20.2. The Morgan fingerprint density at radius 2 is 2.04 bits per heavy atom. The van der Waals surface area contributed by atoms with Gasteiger partial charge >= 0.3 is 0 Å². The number of hydrogen-bond acceptors (Lipinski definition) is 5. The maximum absolute atomic E-state index is 4.76. The molecule has 0 saturated carbocycles. The summed E-state index contributed by atoms with van der Waals surface area (Å²) in [5, 5.41) is 3.47. The van der Waals surface area contributed by atoms with E-state index in [0.717, 1.165) is 47.6 Å². The molecule has 0 amide bonds. The SMILES string of the molecule is CC1CC(c2ncc3[nH]c(-c4cnccn4)cc3n2)CCN1.Cl.O. The van der Waals surface area contributed by atoms with Crippen LogP contribution in [-0.2, 0) is 0 Å². The molecule has 0 aliphatic carbocycles. The van der Waals surface area contributed by atoms with Gasteiger partial charge in [0.05, 0.1) is 29.1 Å². The molecule has 1 fully saturated rings. The number of fused-ring (bicyclic) bond motifs is 1. The van der Waals surface area contributed by atoms with Crippen molar-refractivity contribution in [1.29, 1.82) is 0 Å². The molecule has 4 heterocycles. The number of nitrogens with zero attached hydrogens (tertiary/aromatic N) is 4. The van der Waals surface area contributed by atoms with Crippen LogP contribution in [0.4, 0.5) is 0 Å². The average molecular weight is 349 g/mol. The minimum atomic E-state index is 0. The lowest BCUT2D eigenvalue weighted by Crippen LogP contribution is -2.35. The van der Waals surface area contributed by atoms with Crippen LogP contribution < -0.4 is 5.32 Å². The highest BCUT2D eigenvalue weighted by atomic mass is 35.5. The summed E-state index contributed by atoms with van der Waals surface area (Å²) in [6.07, 6.45) is 9.17. The predicted molar refractivity (Wildman–Crippen MR) is 95.2 cm³/mol. The summed E-state index contributed by atoms with van der Waals surface area (Å²) in [5.41, 5.74) is 3.62. The third-order valence-electron chi connectivity index (χ3n) is 4.22. The Balaban J connectivity index is 0.00000104. The minimum Gasteiger partial charge on any atom is -0.412 e. The number of aromatic amines is 1. The second-order valence-corrected chi connectivity index (χ2v) is 5.88. The molecule has 3 aromatic heterocycles. The van der Waals surface area contributed by atoms with Crippen LogP contribution in [0.15, 0.2) is 30.9 Å². The molecule has 4 rings (SSSR count). The van der Waals surface area contributed by atoms with Crippen LogP contribution in [0.1, 0.15) is 31.5 Å². The van der Waals surface area contributed by atoms with E-state index in [2.05, 4.69) is 32.2 Å². The first-order valence-electron chi connectivity index (χ1n) is 7.65. The lowest BCUT2D eigenvalue weighted by atomic mass is 9.92. The van der Waals surface area contributed by atoms with Gasteiger partial charge in [-0.1, -0.05) is 0 Å². The van der Waals surface area contributed by atoms with Crippen molar-refractivity contribution < 1.29 is 5.48 Å². The monoisotopic (exact) mass is 348 g/mol. The van der Waals surface area contributed by atoms with Crippen LogP contribution in [0, 0.1) is 0 Å². The lowest BCUT2D eigenvalue weighted by Gasteiger charge is -2.26. The van der Waals surface area contributed by atoms with E-state index in [0.29, 0.717) is 12.0 Å². The van der Waals surface area contributed by atoms with E-state index < -0.39 is 0 Å². The number of halogens is 1. The molecule has 128 valence electrons. The molecule has 3 aromatic rings. The maximum atomic E-state index is 4.76. The third-order valence-corrected chi connectivity index (χ3v) is 4.22. The van der Waals surface area contributed by atoms with Gasteiger partial charge in [0.15, 0.2) is 0 Å². The van der Waals surface area contributed by atoms with Gasteiger partial charge in [-0.2, -0.15) is 0 Å². The molecule has 1 aliphatic heterocycles. The molecule has 0 spiro atoms. The van der Waals surface area contributed by atoms with Crippen molar-refractivity contribution in [1.82, 2.24) is 30.2 Å². The van der Waals surface area contributed by atoms with E-state index in [4.69, 9.17) is 4.98 Å². The molecular formula is C16H21ClN6O. The highest BCUT2D eigenvalue weighted by Gasteiger charge is 2.22. The maximum Gasteiger partial charge on any atom is 0.132 e. The Morgan fingerprint density at radius 1 is 1.17 bits per heavy atom. The zero-order valence-corrected chi connectivity index (χ0v) is 14.2. The Morgan fingerprint density at radius 3 is 2.79 bits per heavy atom. The van der Waals surface area contributed by atoms with Crippen molar-refractivity contribution in [3.05, 3.63) is 36.7 Å². The Kier molecular flexibility index (Phi) is 5.82. The molecule has 7 nitrogen and oxygen atoms in total. The van der Waals surface area contributed by atoms with E-state index in [1.54, 1.807) is 18.6 Å². The smallest absolute Gasteiger partial charge is 0.132 e. The molecule has 24 heavy (non-hydrogen) atoms. The van der Waals surface area contributed by atoms with Crippen LogP contribution >= 0.6 is 12.4 Å². The Hall–Kier alpha value is -2.09. The zero-order valence-electron chi connectivity index (χ0n) is 13.4. The van der Waals surface area contributed by atoms with E-state index in [9.17, 15) is 0 Å². The summed E-state index contributed by atoms with van der Waals surface area (Å²) < 4.78 is 0. The van der Waals surface area contributed by atoms with Gasteiger partial charge in [0.2, 0.25) is 0 Å². The van der Waals surface area contributed by atoms with Crippen molar-refractivity contribution in [3.8, 4) is 11.4 Å². The molecule has 1 saturated heterocycles. The summed E-state index contributed by atoms with van der Waals surface area (Å²) in [5.74, 6) is 1.39. The Bertz CT molecular complexity index is 794. The number of rotatable bonds is 2. The van der Waals surface area contributed by atoms with Gasteiger partial charge in [0.25, 0.3) is 0 Å². The van der Waals surface area contributed by atoms with Gasteiger partial charge in [-0.05, 0) is 32.4 Å². The average Bonchev–Trinajstić information content (AvgIpc) is 2.99. The fourth-order valence-corrected chi connectivity index (χ4v) is 3.07. The summed E-state index contributed by atoms with van der Waals surface area (Å²) in [4.78, 5) is 21.1.